The van der Waals surface area contributed by atoms with Crippen LogP contribution in [0.1, 0.15) is 73.7 Å². The lowest BCUT2D eigenvalue weighted by molar-refractivity contribution is 0.101. The highest BCUT2D eigenvalue weighted by Crippen LogP contribution is 2.41. The van der Waals surface area contributed by atoms with E-state index >= 15 is 0 Å². The molecule has 2 aliphatic carbocycles. The summed E-state index contributed by atoms with van der Waals surface area (Å²) in [5.74, 6) is 2.90. The van der Waals surface area contributed by atoms with Gasteiger partial charge in [0.1, 0.15) is 11.3 Å². The number of aromatic amines is 1. The van der Waals surface area contributed by atoms with E-state index in [1.807, 2.05) is 6.07 Å². The molecular weight excluding hydrogens is 410 g/mol. The summed E-state index contributed by atoms with van der Waals surface area (Å²) in [7, 11) is 1.63. The number of nitrogens with zero attached hydrogens (tertiary/aromatic N) is 2. The van der Waals surface area contributed by atoms with Crippen molar-refractivity contribution in [3.8, 4) is 17.3 Å². The third kappa shape index (κ3) is 3.64. The molecule has 2 aliphatic rings. The number of para-hydroxylation sites is 1. The number of imidazole rings is 1. The van der Waals surface area contributed by atoms with Gasteiger partial charge in [-0.3, -0.25) is 4.79 Å². The molecule has 0 bridgehead atoms. The maximum Gasteiger partial charge on any atom is 0.160 e. The molecule has 0 saturated heterocycles. The molecule has 2 fully saturated rings. The Balaban J connectivity index is 1.54. The number of hydrogen-bond donors (Lipinski definition) is 1. The minimum absolute atomic E-state index is 0.0197. The summed E-state index contributed by atoms with van der Waals surface area (Å²) >= 11 is 0. The van der Waals surface area contributed by atoms with E-state index in [1.54, 1.807) is 20.1 Å². The van der Waals surface area contributed by atoms with Crippen molar-refractivity contribution in [2.75, 3.05) is 7.11 Å². The number of rotatable bonds is 6. The Morgan fingerprint density at radius 3 is 2.67 bits per heavy atom. The fourth-order valence-electron chi connectivity index (χ4n) is 5.61. The van der Waals surface area contributed by atoms with E-state index in [9.17, 15) is 4.79 Å². The number of H-pyrrole nitrogens is 1. The van der Waals surface area contributed by atoms with Gasteiger partial charge in [0.25, 0.3) is 0 Å². The molecule has 2 saturated carbocycles. The molecule has 1 N–H and O–H groups in total. The van der Waals surface area contributed by atoms with Gasteiger partial charge in [-0.2, -0.15) is 0 Å². The minimum atomic E-state index is 0.0197. The quantitative estimate of drug-likeness (QED) is 0.333. The summed E-state index contributed by atoms with van der Waals surface area (Å²) in [6, 6.07) is 12.8. The first-order chi connectivity index (χ1) is 16.1. The summed E-state index contributed by atoms with van der Waals surface area (Å²) in [5, 5.41) is 1.30. The highest BCUT2D eigenvalue weighted by atomic mass is 16.5. The van der Waals surface area contributed by atoms with E-state index in [1.165, 1.54) is 61.4 Å². The summed E-state index contributed by atoms with van der Waals surface area (Å²) in [6.45, 7) is 2.62. The van der Waals surface area contributed by atoms with Crippen LogP contribution in [-0.2, 0) is 6.54 Å². The van der Waals surface area contributed by atoms with Crippen molar-refractivity contribution in [1.82, 2.24) is 14.5 Å². The van der Waals surface area contributed by atoms with Crippen molar-refractivity contribution in [2.45, 2.75) is 64.3 Å². The number of carbonyl (C=O) groups excluding carboxylic acids is 1. The van der Waals surface area contributed by atoms with Gasteiger partial charge in [0, 0.05) is 17.5 Å². The number of ketones is 1. The average molecular weight is 442 g/mol. The SMILES string of the molecule is COc1cc(C(C)=O)cc2[nH]c(-c3cc4cccc(C5CCCCC5)c4n3CC3CC3)nc12. The molecule has 4 aromatic rings. The number of fused-ring (bicyclic) bond motifs is 2. The van der Waals surface area contributed by atoms with Gasteiger partial charge in [0.05, 0.1) is 23.8 Å². The number of ether oxygens (including phenoxy) is 1. The zero-order valence-electron chi connectivity index (χ0n) is 19.5. The third-order valence-electron chi connectivity index (χ3n) is 7.55. The summed E-state index contributed by atoms with van der Waals surface area (Å²) < 4.78 is 8.11. The van der Waals surface area contributed by atoms with Crippen LogP contribution in [0.15, 0.2) is 36.4 Å². The number of carbonyl (C=O) groups is 1. The van der Waals surface area contributed by atoms with E-state index in [2.05, 4.69) is 33.8 Å². The second kappa shape index (κ2) is 8.05. The number of methoxy groups -OCH3 is 1. The first-order valence-electron chi connectivity index (χ1n) is 12.3. The molecule has 0 unspecified atom stereocenters. The molecule has 6 rings (SSSR count). The number of Topliss-reactive ketones (excluding diaryl/α,β-unsaturated/α-hetero) is 1. The molecule has 0 spiro atoms. The Bertz CT molecular complexity index is 1350. The second-order valence-corrected chi connectivity index (χ2v) is 9.92. The van der Waals surface area contributed by atoms with Crippen LogP contribution in [0.3, 0.4) is 0 Å². The lowest BCUT2D eigenvalue weighted by atomic mass is 9.83. The Hall–Kier alpha value is -3.08. The predicted octanol–water partition coefficient (Wildman–Crippen LogP) is 6.85. The minimum Gasteiger partial charge on any atom is -0.494 e. The fourth-order valence-corrected chi connectivity index (χ4v) is 5.61. The number of hydrogen-bond acceptors (Lipinski definition) is 3. The van der Waals surface area contributed by atoms with Crippen LogP contribution in [0.4, 0.5) is 0 Å². The van der Waals surface area contributed by atoms with Crippen LogP contribution in [0.2, 0.25) is 0 Å². The Kier molecular flexibility index (Phi) is 5.01. The lowest BCUT2D eigenvalue weighted by Gasteiger charge is -2.24. The van der Waals surface area contributed by atoms with Crippen molar-refractivity contribution < 1.29 is 9.53 Å². The van der Waals surface area contributed by atoms with E-state index in [0.717, 1.165) is 35.0 Å². The van der Waals surface area contributed by atoms with E-state index < -0.39 is 0 Å². The molecule has 0 atom stereocenters. The van der Waals surface area contributed by atoms with Crippen LogP contribution < -0.4 is 4.74 Å². The largest absolute Gasteiger partial charge is 0.494 e. The van der Waals surface area contributed by atoms with E-state index in [0.29, 0.717) is 17.2 Å². The monoisotopic (exact) mass is 441 g/mol. The van der Waals surface area contributed by atoms with Gasteiger partial charge in [-0.1, -0.05) is 37.5 Å². The molecule has 5 heteroatoms. The third-order valence-corrected chi connectivity index (χ3v) is 7.55. The first-order valence-corrected chi connectivity index (χ1v) is 12.3. The van der Waals surface area contributed by atoms with Crippen LogP contribution >= 0.6 is 0 Å². The predicted molar refractivity (Wildman–Crippen MR) is 132 cm³/mol. The molecule has 2 aromatic heterocycles. The molecule has 2 aromatic carbocycles. The van der Waals surface area contributed by atoms with Gasteiger partial charge < -0.3 is 14.3 Å². The molecule has 5 nitrogen and oxygen atoms in total. The fraction of sp³-hybridized carbons (Fsp3) is 0.429. The first kappa shape index (κ1) is 20.5. The van der Waals surface area contributed by atoms with Crippen molar-refractivity contribution in [1.29, 1.82) is 0 Å². The summed E-state index contributed by atoms with van der Waals surface area (Å²) in [4.78, 5) is 20.5. The van der Waals surface area contributed by atoms with Gasteiger partial charge in [-0.15, -0.1) is 0 Å². The molecule has 0 aliphatic heterocycles. The van der Waals surface area contributed by atoms with Crippen molar-refractivity contribution in [3.63, 3.8) is 0 Å². The zero-order valence-corrected chi connectivity index (χ0v) is 19.5. The van der Waals surface area contributed by atoms with Crippen LogP contribution in [-0.4, -0.2) is 27.4 Å². The van der Waals surface area contributed by atoms with Gasteiger partial charge in [-0.25, -0.2) is 4.98 Å². The standard InChI is InChI=1S/C28H31N3O2/c1-17(32)21-13-23-26(25(15-21)33-2)30-28(29-23)24-14-20-9-6-10-22(19-7-4-3-5-8-19)27(20)31(24)16-18-11-12-18/h6,9-10,13-15,18-19H,3-5,7-8,11-12,16H2,1-2H3,(H,29,30). The molecule has 0 radical (unpaired) electrons. The number of nitrogens with one attached hydrogen (secondary N) is 1. The Morgan fingerprint density at radius 2 is 1.94 bits per heavy atom. The number of aromatic nitrogens is 3. The number of benzene rings is 2. The second-order valence-electron chi connectivity index (χ2n) is 9.92. The Morgan fingerprint density at radius 1 is 1.12 bits per heavy atom. The molecular formula is C28H31N3O2. The van der Waals surface area contributed by atoms with Gasteiger partial charge in [-0.05, 0) is 68.2 Å². The Labute approximate surface area is 194 Å². The van der Waals surface area contributed by atoms with Crippen LogP contribution in [0, 0.1) is 5.92 Å². The maximum atomic E-state index is 12.0. The van der Waals surface area contributed by atoms with Gasteiger partial charge in [0.2, 0.25) is 0 Å². The normalized spacial score (nSPS) is 17.2. The summed E-state index contributed by atoms with van der Waals surface area (Å²) in [6.07, 6.45) is 9.22. The van der Waals surface area contributed by atoms with Gasteiger partial charge >= 0.3 is 0 Å². The summed E-state index contributed by atoms with van der Waals surface area (Å²) in [5.41, 5.74) is 6.27. The van der Waals surface area contributed by atoms with E-state index in [4.69, 9.17) is 9.72 Å². The van der Waals surface area contributed by atoms with Crippen molar-refractivity contribution >= 4 is 27.7 Å². The highest BCUT2D eigenvalue weighted by molar-refractivity contribution is 6.00. The molecule has 0 amide bonds. The van der Waals surface area contributed by atoms with Gasteiger partial charge in [0.15, 0.2) is 11.6 Å². The smallest absolute Gasteiger partial charge is 0.160 e. The highest BCUT2D eigenvalue weighted by Gasteiger charge is 2.27. The zero-order chi connectivity index (χ0) is 22.5. The molecule has 2 heterocycles. The van der Waals surface area contributed by atoms with E-state index in [-0.39, 0.29) is 5.78 Å². The van der Waals surface area contributed by atoms with Crippen LogP contribution in [0.5, 0.6) is 5.75 Å². The molecule has 170 valence electrons. The topological polar surface area (TPSA) is 59.9 Å². The average Bonchev–Trinajstić information content (AvgIpc) is 3.43. The van der Waals surface area contributed by atoms with Crippen molar-refractivity contribution in [2.24, 2.45) is 5.92 Å². The lowest BCUT2D eigenvalue weighted by Crippen LogP contribution is -2.09. The van der Waals surface area contributed by atoms with Crippen LogP contribution in [0.25, 0.3) is 33.5 Å². The van der Waals surface area contributed by atoms with Crippen molar-refractivity contribution in [3.05, 3.63) is 47.5 Å². The maximum absolute atomic E-state index is 12.0. The molecule has 33 heavy (non-hydrogen) atoms.